The van der Waals surface area contributed by atoms with Gasteiger partial charge in [-0.25, -0.2) is 0 Å². The van der Waals surface area contributed by atoms with Gasteiger partial charge in [0.25, 0.3) is 0 Å². The normalized spacial score (nSPS) is 49.0. The summed E-state index contributed by atoms with van der Waals surface area (Å²) in [6.07, 6.45) is 15.7. The van der Waals surface area contributed by atoms with E-state index in [1.165, 1.54) is 71.1 Å². The zero-order valence-corrected chi connectivity index (χ0v) is 16.7. The van der Waals surface area contributed by atoms with Gasteiger partial charge >= 0.3 is 5.97 Å². The lowest BCUT2D eigenvalue weighted by Crippen LogP contribution is -2.52. The lowest BCUT2D eigenvalue weighted by molar-refractivity contribution is -0.142. The van der Waals surface area contributed by atoms with Crippen LogP contribution in [0.3, 0.4) is 0 Å². The standard InChI is InChI=1S/C23H38O2/c1-16(24)25-15-12-18-8-10-20-19-9-7-17-6-4-5-13-22(17,2)21(19)11-14-23(18,20)3/h17-21H,4-15H2,1-3H3/t17?,18-,19+,20+,21+,22+,23-/m1/s1. The number of rotatable bonds is 3. The Balaban J connectivity index is 1.48. The fourth-order valence-electron chi connectivity index (χ4n) is 8.22. The van der Waals surface area contributed by atoms with Crippen LogP contribution < -0.4 is 0 Å². The molecule has 0 radical (unpaired) electrons. The molecular formula is C23H38O2. The van der Waals surface area contributed by atoms with Crippen LogP contribution in [0.2, 0.25) is 0 Å². The van der Waals surface area contributed by atoms with Crippen molar-refractivity contribution in [2.45, 2.75) is 91.4 Å². The van der Waals surface area contributed by atoms with Crippen LogP contribution in [0, 0.1) is 40.4 Å². The van der Waals surface area contributed by atoms with Crippen molar-refractivity contribution in [2.24, 2.45) is 40.4 Å². The quantitative estimate of drug-likeness (QED) is 0.587. The number of carbonyl (C=O) groups excluding carboxylic acids is 1. The molecule has 4 aliphatic carbocycles. The maximum Gasteiger partial charge on any atom is 0.302 e. The highest BCUT2D eigenvalue weighted by Gasteiger charge is 2.59. The van der Waals surface area contributed by atoms with E-state index in [2.05, 4.69) is 13.8 Å². The van der Waals surface area contributed by atoms with Crippen molar-refractivity contribution >= 4 is 5.97 Å². The molecule has 0 amide bonds. The van der Waals surface area contributed by atoms with Crippen molar-refractivity contribution in [1.82, 2.24) is 0 Å². The first-order chi connectivity index (χ1) is 11.9. The Hall–Kier alpha value is -0.530. The second-order valence-corrected chi connectivity index (χ2v) is 10.4. The second kappa shape index (κ2) is 6.57. The minimum Gasteiger partial charge on any atom is -0.466 e. The highest BCUT2D eigenvalue weighted by atomic mass is 16.5. The summed E-state index contributed by atoms with van der Waals surface area (Å²) in [6.45, 7) is 7.43. The third kappa shape index (κ3) is 2.86. The molecule has 0 aromatic heterocycles. The van der Waals surface area contributed by atoms with Gasteiger partial charge in [0.15, 0.2) is 0 Å². The fraction of sp³-hybridized carbons (Fsp3) is 0.957. The average Bonchev–Trinajstić information content (AvgIpc) is 2.91. The predicted octanol–water partition coefficient (Wildman–Crippen LogP) is 5.99. The molecule has 0 heterocycles. The van der Waals surface area contributed by atoms with E-state index in [9.17, 15) is 4.79 Å². The minimum atomic E-state index is -0.119. The molecule has 0 saturated heterocycles. The Bertz CT molecular complexity index is 514. The lowest BCUT2D eigenvalue weighted by atomic mass is 9.45. The Morgan fingerprint density at radius 3 is 2.52 bits per heavy atom. The topological polar surface area (TPSA) is 26.3 Å². The third-order valence-corrected chi connectivity index (χ3v) is 9.55. The smallest absolute Gasteiger partial charge is 0.302 e. The average molecular weight is 347 g/mol. The summed E-state index contributed by atoms with van der Waals surface area (Å²) >= 11 is 0. The fourth-order valence-corrected chi connectivity index (χ4v) is 8.22. The first kappa shape index (κ1) is 17.9. The lowest BCUT2D eigenvalue weighted by Gasteiger charge is -2.60. The van der Waals surface area contributed by atoms with Crippen molar-refractivity contribution in [2.75, 3.05) is 6.61 Å². The van der Waals surface area contributed by atoms with E-state index in [1.807, 2.05) is 0 Å². The van der Waals surface area contributed by atoms with Gasteiger partial charge in [0.05, 0.1) is 6.61 Å². The molecule has 25 heavy (non-hydrogen) atoms. The zero-order valence-electron chi connectivity index (χ0n) is 16.7. The van der Waals surface area contributed by atoms with E-state index in [1.54, 1.807) is 0 Å². The Morgan fingerprint density at radius 1 is 0.920 bits per heavy atom. The molecule has 142 valence electrons. The zero-order chi connectivity index (χ0) is 17.7. The van der Waals surface area contributed by atoms with E-state index >= 15 is 0 Å². The van der Waals surface area contributed by atoms with E-state index in [4.69, 9.17) is 4.74 Å². The first-order valence-corrected chi connectivity index (χ1v) is 11.1. The molecule has 0 bridgehead atoms. The van der Waals surface area contributed by atoms with Crippen molar-refractivity contribution < 1.29 is 9.53 Å². The van der Waals surface area contributed by atoms with Crippen LogP contribution in [0.1, 0.15) is 91.4 Å². The summed E-state index contributed by atoms with van der Waals surface area (Å²) < 4.78 is 5.28. The molecule has 0 spiro atoms. The highest BCUT2D eigenvalue weighted by Crippen LogP contribution is 2.67. The van der Waals surface area contributed by atoms with Crippen LogP contribution in [0.15, 0.2) is 0 Å². The van der Waals surface area contributed by atoms with Crippen LogP contribution in [-0.2, 0) is 9.53 Å². The van der Waals surface area contributed by atoms with Gasteiger partial charge < -0.3 is 4.74 Å². The van der Waals surface area contributed by atoms with Crippen LogP contribution in [0.25, 0.3) is 0 Å². The molecule has 4 aliphatic rings. The number of ether oxygens (including phenoxy) is 1. The first-order valence-electron chi connectivity index (χ1n) is 11.1. The number of esters is 1. The second-order valence-electron chi connectivity index (χ2n) is 10.4. The van der Waals surface area contributed by atoms with Crippen molar-refractivity contribution in [3.8, 4) is 0 Å². The maximum atomic E-state index is 11.1. The van der Waals surface area contributed by atoms with Gasteiger partial charge in [-0.1, -0.05) is 26.7 Å². The number of hydrogen-bond donors (Lipinski definition) is 0. The van der Waals surface area contributed by atoms with Crippen LogP contribution in [0.5, 0.6) is 0 Å². The van der Waals surface area contributed by atoms with Crippen LogP contribution >= 0.6 is 0 Å². The number of carbonyl (C=O) groups is 1. The Labute approximate surface area is 154 Å². The number of fused-ring (bicyclic) bond motifs is 5. The molecule has 0 aromatic carbocycles. The van der Waals surface area contributed by atoms with Gasteiger partial charge in [-0.05, 0) is 98.2 Å². The molecule has 4 fully saturated rings. The predicted molar refractivity (Wildman–Crippen MR) is 101 cm³/mol. The van der Waals surface area contributed by atoms with Crippen molar-refractivity contribution in [3.05, 3.63) is 0 Å². The van der Waals surface area contributed by atoms with Gasteiger partial charge in [0.1, 0.15) is 0 Å². The summed E-state index contributed by atoms with van der Waals surface area (Å²) in [4.78, 5) is 11.1. The van der Waals surface area contributed by atoms with E-state index < -0.39 is 0 Å². The van der Waals surface area contributed by atoms with Gasteiger partial charge in [0.2, 0.25) is 0 Å². The van der Waals surface area contributed by atoms with E-state index in [-0.39, 0.29) is 5.97 Å². The van der Waals surface area contributed by atoms with E-state index in [0.717, 1.165) is 36.0 Å². The molecule has 1 unspecified atom stereocenters. The van der Waals surface area contributed by atoms with Crippen molar-refractivity contribution in [3.63, 3.8) is 0 Å². The van der Waals surface area contributed by atoms with Crippen LogP contribution in [-0.4, -0.2) is 12.6 Å². The third-order valence-electron chi connectivity index (χ3n) is 9.55. The molecular weight excluding hydrogens is 308 g/mol. The molecule has 4 rings (SSSR count). The van der Waals surface area contributed by atoms with Gasteiger partial charge in [0, 0.05) is 6.92 Å². The summed E-state index contributed by atoms with van der Waals surface area (Å²) in [7, 11) is 0. The number of hydrogen-bond acceptors (Lipinski definition) is 2. The molecule has 7 atom stereocenters. The van der Waals surface area contributed by atoms with Crippen molar-refractivity contribution in [1.29, 1.82) is 0 Å². The van der Waals surface area contributed by atoms with Gasteiger partial charge in [-0.3, -0.25) is 4.79 Å². The van der Waals surface area contributed by atoms with Crippen LogP contribution in [0.4, 0.5) is 0 Å². The molecule has 2 nitrogen and oxygen atoms in total. The summed E-state index contributed by atoms with van der Waals surface area (Å²) in [6, 6.07) is 0. The largest absolute Gasteiger partial charge is 0.466 e. The molecule has 0 aromatic rings. The molecule has 4 saturated carbocycles. The molecule has 2 heteroatoms. The van der Waals surface area contributed by atoms with E-state index in [0.29, 0.717) is 17.4 Å². The monoisotopic (exact) mass is 346 g/mol. The molecule has 0 N–H and O–H groups in total. The highest BCUT2D eigenvalue weighted by molar-refractivity contribution is 5.65. The molecule has 0 aliphatic heterocycles. The summed E-state index contributed by atoms with van der Waals surface area (Å²) in [5.74, 6) is 4.59. The SMILES string of the molecule is CC(=O)OCC[C@H]1CC[C@H]2[C@@H]3CCC4CCCC[C@]4(C)[C@H]3CC[C@]12C. The minimum absolute atomic E-state index is 0.119. The summed E-state index contributed by atoms with van der Waals surface area (Å²) in [5.41, 5.74) is 1.16. The Morgan fingerprint density at radius 2 is 1.72 bits per heavy atom. The van der Waals surface area contributed by atoms with Gasteiger partial charge in [-0.15, -0.1) is 0 Å². The summed E-state index contributed by atoms with van der Waals surface area (Å²) in [5, 5.41) is 0. The Kier molecular flexibility index (Phi) is 4.69. The van der Waals surface area contributed by atoms with Gasteiger partial charge in [-0.2, -0.15) is 0 Å². The maximum absolute atomic E-state index is 11.1.